The second-order valence-corrected chi connectivity index (χ2v) is 5.47. The molecule has 0 saturated heterocycles. The number of hydrogen-bond donors (Lipinski definition) is 2. The molecule has 6 heteroatoms. The highest BCUT2D eigenvalue weighted by Crippen LogP contribution is 2.23. The van der Waals surface area contributed by atoms with Crippen molar-refractivity contribution in [3.8, 4) is 0 Å². The first-order chi connectivity index (χ1) is 9.79. The van der Waals surface area contributed by atoms with E-state index in [0.29, 0.717) is 6.42 Å². The largest absolute Gasteiger partial charge is 0.480 e. The molecular formula is C15H25N3O3. The van der Waals surface area contributed by atoms with Gasteiger partial charge in [0.2, 0.25) is 5.91 Å². The lowest BCUT2D eigenvalue weighted by Crippen LogP contribution is -2.42. The number of rotatable bonds is 7. The average molecular weight is 295 g/mol. The highest BCUT2D eigenvalue weighted by Gasteiger charge is 2.26. The smallest absolute Gasteiger partial charge is 0.326 e. The molecule has 2 N–H and O–H groups in total. The minimum Gasteiger partial charge on any atom is -0.480 e. The maximum Gasteiger partial charge on any atom is 0.326 e. The number of carbonyl (C=O) groups is 2. The highest BCUT2D eigenvalue weighted by molar-refractivity contribution is 5.88. The zero-order valence-electron chi connectivity index (χ0n) is 13.4. The van der Waals surface area contributed by atoms with E-state index in [9.17, 15) is 14.7 Å². The van der Waals surface area contributed by atoms with Crippen molar-refractivity contribution in [1.29, 1.82) is 0 Å². The van der Waals surface area contributed by atoms with Gasteiger partial charge in [0.25, 0.3) is 0 Å². The zero-order chi connectivity index (χ0) is 16.2. The van der Waals surface area contributed by atoms with Crippen molar-refractivity contribution < 1.29 is 14.7 Å². The van der Waals surface area contributed by atoms with Gasteiger partial charge in [0.15, 0.2) is 0 Å². The van der Waals surface area contributed by atoms with E-state index in [1.807, 2.05) is 27.8 Å². The Morgan fingerprint density at radius 2 is 2.00 bits per heavy atom. The standard InChI is InChI=1S/C15H25N3O3/c1-6-7-8-12(15(20)21)16-14(19)9(2)13-10(3)17-18(5)11(13)4/h9,12H,6-8H2,1-5H3,(H,16,19)(H,20,21). The van der Waals surface area contributed by atoms with Gasteiger partial charge >= 0.3 is 5.97 Å². The van der Waals surface area contributed by atoms with Crippen molar-refractivity contribution in [3.63, 3.8) is 0 Å². The molecule has 0 spiro atoms. The molecule has 2 atom stereocenters. The van der Waals surface area contributed by atoms with Gasteiger partial charge in [-0.3, -0.25) is 9.48 Å². The molecule has 21 heavy (non-hydrogen) atoms. The lowest BCUT2D eigenvalue weighted by atomic mass is 9.97. The van der Waals surface area contributed by atoms with Crippen LogP contribution in [0.15, 0.2) is 0 Å². The molecule has 0 aliphatic rings. The summed E-state index contributed by atoms with van der Waals surface area (Å²) in [5, 5.41) is 16.1. The monoisotopic (exact) mass is 295 g/mol. The van der Waals surface area contributed by atoms with Crippen molar-refractivity contribution >= 4 is 11.9 Å². The van der Waals surface area contributed by atoms with Crippen LogP contribution in [0.25, 0.3) is 0 Å². The number of aliphatic carboxylic acids is 1. The first-order valence-corrected chi connectivity index (χ1v) is 7.32. The molecule has 0 radical (unpaired) electrons. The van der Waals surface area contributed by atoms with Crippen LogP contribution in [-0.4, -0.2) is 32.8 Å². The molecule has 1 heterocycles. The van der Waals surface area contributed by atoms with Gasteiger partial charge in [0, 0.05) is 18.3 Å². The van der Waals surface area contributed by atoms with Crippen LogP contribution in [0.5, 0.6) is 0 Å². The van der Waals surface area contributed by atoms with E-state index in [1.165, 1.54) is 0 Å². The van der Waals surface area contributed by atoms with Crippen LogP contribution in [0.3, 0.4) is 0 Å². The van der Waals surface area contributed by atoms with E-state index < -0.39 is 17.9 Å². The maximum atomic E-state index is 12.3. The van der Waals surface area contributed by atoms with Crippen molar-refractivity contribution in [2.75, 3.05) is 0 Å². The summed E-state index contributed by atoms with van der Waals surface area (Å²) in [6.07, 6.45) is 2.13. The first kappa shape index (κ1) is 17.2. The Labute approximate surface area is 125 Å². The Balaban J connectivity index is 2.84. The van der Waals surface area contributed by atoms with E-state index in [1.54, 1.807) is 11.6 Å². The van der Waals surface area contributed by atoms with Crippen LogP contribution in [0.4, 0.5) is 0 Å². The third-order valence-electron chi connectivity index (χ3n) is 3.85. The van der Waals surface area contributed by atoms with Gasteiger partial charge in [-0.25, -0.2) is 4.79 Å². The number of carbonyl (C=O) groups excluding carboxylic acids is 1. The maximum absolute atomic E-state index is 12.3. The van der Waals surface area contributed by atoms with Gasteiger partial charge in [-0.2, -0.15) is 5.10 Å². The Morgan fingerprint density at radius 1 is 1.38 bits per heavy atom. The molecule has 2 unspecified atom stereocenters. The fourth-order valence-electron chi connectivity index (χ4n) is 2.51. The molecule has 118 valence electrons. The number of unbranched alkanes of at least 4 members (excludes halogenated alkanes) is 1. The molecule has 1 amide bonds. The number of hydrogen-bond acceptors (Lipinski definition) is 3. The predicted octanol–water partition coefficient (Wildman–Crippen LogP) is 1.90. The van der Waals surface area contributed by atoms with E-state index >= 15 is 0 Å². The quantitative estimate of drug-likeness (QED) is 0.804. The van der Waals surface area contributed by atoms with Crippen molar-refractivity contribution in [1.82, 2.24) is 15.1 Å². The minimum atomic E-state index is -0.983. The molecule has 0 fully saturated rings. The number of carboxylic acid groups (broad SMARTS) is 1. The van der Waals surface area contributed by atoms with Gasteiger partial charge in [-0.15, -0.1) is 0 Å². The summed E-state index contributed by atoms with van der Waals surface area (Å²) in [6, 6.07) is -0.822. The average Bonchev–Trinajstić information content (AvgIpc) is 2.66. The third kappa shape index (κ3) is 4.06. The van der Waals surface area contributed by atoms with E-state index in [-0.39, 0.29) is 5.91 Å². The van der Waals surface area contributed by atoms with Crippen molar-refractivity contribution in [2.24, 2.45) is 7.05 Å². The van der Waals surface area contributed by atoms with Gasteiger partial charge in [-0.05, 0) is 27.2 Å². The predicted molar refractivity (Wildman–Crippen MR) is 80.2 cm³/mol. The molecule has 0 aliphatic heterocycles. The summed E-state index contributed by atoms with van der Waals surface area (Å²) >= 11 is 0. The summed E-state index contributed by atoms with van der Waals surface area (Å²) in [5.41, 5.74) is 2.60. The van der Waals surface area contributed by atoms with E-state index in [2.05, 4.69) is 10.4 Å². The SMILES string of the molecule is CCCCC(NC(=O)C(C)c1c(C)nn(C)c1C)C(=O)O. The molecule has 0 bridgehead atoms. The third-order valence-corrected chi connectivity index (χ3v) is 3.85. The Hall–Kier alpha value is -1.85. The zero-order valence-corrected chi connectivity index (χ0v) is 13.4. The van der Waals surface area contributed by atoms with Crippen molar-refractivity contribution in [2.45, 2.75) is 58.9 Å². The summed E-state index contributed by atoms with van der Waals surface area (Å²) in [4.78, 5) is 23.5. The van der Waals surface area contributed by atoms with Gasteiger partial charge in [0.05, 0.1) is 11.6 Å². The number of carboxylic acids is 1. The lowest BCUT2D eigenvalue weighted by molar-refractivity contribution is -0.142. The Kier molecular flexibility index (Phi) is 5.93. The molecule has 0 aliphatic carbocycles. The Bertz CT molecular complexity index is 522. The summed E-state index contributed by atoms with van der Waals surface area (Å²) in [5.74, 6) is -1.66. The molecule has 0 saturated carbocycles. The Morgan fingerprint density at radius 3 is 2.43 bits per heavy atom. The summed E-state index contributed by atoms with van der Waals surface area (Å²) in [7, 11) is 1.83. The topological polar surface area (TPSA) is 84.2 Å². The number of aromatic nitrogens is 2. The number of aryl methyl sites for hydroxylation is 2. The second-order valence-electron chi connectivity index (χ2n) is 5.47. The lowest BCUT2D eigenvalue weighted by Gasteiger charge is -2.18. The highest BCUT2D eigenvalue weighted by atomic mass is 16.4. The first-order valence-electron chi connectivity index (χ1n) is 7.32. The number of nitrogens with one attached hydrogen (secondary N) is 1. The molecular weight excluding hydrogens is 270 g/mol. The van der Waals surface area contributed by atoms with Crippen LogP contribution in [0, 0.1) is 13.8 Å². The van der Waals surface area contributed by atoms with Gasteiger partial charge in [0.1, 0.15) is 6.04 Å². The molecule has 6 nitrogen and oxygen atoms in total. The van der Waals surface area contributed by atoms with Crippen LogP contribution >= 0.6 is 0 Å². The van der Waals surface area contributed by atoms with E-state index in [0.717, 1.165) is 29.8 Å². The van der Waals surface area contributed by atoms with E-state index in [4.69, 9.17) is 0 Å². The molecule has 0 aromatic carbocycles. The van der Waals surface area contributed by atoms with Gasteiger partial charge < -0.3 is 10.4 Å². The minimum absolute atomic E-state index is 0.266. The summed E-state index contributed by atoms with van der Waals surface area (Å²) in [6.45, 7) is 7.54. The number of nitrogens with zero attached hydrogens (tertiary/aromatic N) is 2. The second kappa shape index (κ2) is 7.24. The fourth-order valence-corrected chi connectivity index (χ4v) is 2.51. The summed E-state index contributed by atoms with van der Waals surface area (Å²) < 4.78 is 1.74. The van der Waals surface area contributed by atoms with Crippen molar-refractivity contribution in [3.05, 3.63) is 17.0 Å². The fraction of sp³-hybridized carbons (Fsp3) is 0.667. The molecule has 1 aromatic rings. The molecule has 1 aromatic heterocycles. The van der Waals surface area contributed by atoms with Crippen LogP contribution in [0.2, 0.25) is 0 Å². The molecule has 1 rings (SSSR count). The van der Waals surface area contributed by atoms with Gasteiger partial charge in [-0.1, -0.05) is 19.8 Å². The van der Waals surface area contributed by atoms with Crippen LogP contribution in [0.1, 0.15) is 56.0 Å². The van der Waals surface area contributed by atoms with Crippen LogP contribution in [-0.2, 0) is 16.6 Å². The van der Waals surface area contributed by atoms with Crippen LogP contribution < -0.4 is 5.32 Å². The number of amides is 1. The normalized spacial score (nSPS) is 13.8.